The van der Waals surface area contributed by atoms with Crippen LogP contribution in [0.25, 0.3) is 6.08 Å². The minimum atomic E-state index is -0.788. The molecule has 0 bridgehead atoms. The van der Waals surface area contributed by atoms with Crippen molar-refractivity contribution in [3.63, 3.8) is 0 Å². The number of rotatable bonds is 9. The highest BCUT2D eigenvalue weighted by Crippen LogP contribution is 2.42. The van der Waals surface area contributed by atoms with Crippen molar-refractivity contribution >= 4 is 52.0 Å². The van der Waals surface area contributed by atoms with E-state index in [1.54, 1.807) is 44.2 Å². The van der Waals surface area contributed by atoms with Crippen LogP contribution in [0.4, 0.5) is 5.69 Å². The van der Waals surface area contributed by atoms with E-state index in [1.807, 2.05) is 0 Å². The molecule has 0 saturated carbocycles. The van der Waals surface area contributed by atoms with Gasteiger partial charge in [-0.25, -0.2) is 9.79 Å². The van der Waals surface area contributed by atoms with Gasteiger partial charge in [-0.3, -0.25) is 14.9 Å². The number of nitro benzene ring substituents is 1. The second kappa shape index (κ2) is 12.4. The van der Waals surface area contributed by atoms with Crippen molar-refractivity contribution in [2.75, 3.05) is 13.7 Å². The van der Waals surface area contributed by atoms with Gasteiger partial charge in [0.25, 0.3) is 5.69 Å². The van der Waals surface area contributed by atoms with Crippen molar-refractivity contribution in [3.8, 4) is 11.5 Å². The van der Waals surface area contributed by atoms with Crippen molar-refractivity contribution < 1.29 is 33.8 Å². The SMILES string of the molecule is CCOC(=O)C1=C(O)/C(=C/c2cc(Cl)c(OCc3ccc([N+](=O)[O-])cc3)c(OC)c2)SC1=NC(=O)CC. The van der Waals surface area contributed by atoms with Gasteiger partial charge in [0, 0.05) is 18.6 Å². The van der Waals surface area contributed by atoms with Gasteiger partial charge < -0.3 is 19.3 Å². The summed E-state index contributed by atoms with van der Waals surface area (Å²) in [5.41, 5.74) is 0.996. The molecule has 194 valence electrons. The number of halogens is 1. The summed E-state index contributed by atoms with van der Waals surface area (Å²) < 4.78 is 16.2. The van der Waals surface area contributed by atoms with E-state index in [4.69, 9.17) is 25.8 Å². The summed E-state index contributed by atoms with van der Waals surface area (Å²) in [7, 11) is 1.43. The van der Waals surface area contributed by atoms with E-state index in [-0.39, 0.29) is 57.4 Å². The average Bonchev–Trinajstić information content (AvgIpc) is 3.17. The molecule has 3 rings (SSSR count). The third-order valence-electron chi connectivity index (χ3n) is 4.98. The van der Waals surface area contributed by atoms with Crippen LogP contribution in [0.1, 0.15) is 31.4 Å². The fourth-order valence-electron chi connectivity index (χ4n) is 3.17. The smallest absolute Gasteiger partial charge is 0.344 e. The summed E-state index contributed by atoms with van der Waals surface area (Å²) >= 11 is 7.41. The number of hydrogen-bond acceptors (Lipinski definition) is 9. The van der Waals surface area contributed by atoms with E-state index >= 15 is 0 Å². The number of esters is 1. The molecule has 10 nitrogen and oxygen atoms in total. The fraction of sp³-hybridized carbons (Fsp3) is 0.240. The summed E-state index contributed by atoms with van der Waals surface area (Å²) in [6.07, 6.45) is 1.70. The normalized spacial score (nSPS) is 15.2. The van der Waals surface area contributed by atoms with Gasteiger partial charge in [-0.05, 0) is 48.4 Å². The predicted octanol–water partition coefficient (Wildman–Crippen LogP) is 5.63. The van der Waals surface area contributed by atoms with Gasteiger partial charge >= 0.3 is 5.97 Å². The third-order valence-corrected chi connectivity index (χ3v) is 6.28. The topological polar surface area (TPSA) is 138 Å². The minimum Gasteiger partial charge on any atom is -0.506 e. The van der Waals surface area contributed by atoms with Gasteiger partial charge in [-0.15, -0.1) is 0 Å². The number of amides is 1. The van der Waals surface area contributed by atoms with E-state index in [0.29, 0.717) is 16.9 Å². The number of non-ortho nitro benzene ring substituents is 1. The molecule has 1 N–H and O–H groups in total. The maximum Gasteiger partial charge on any atom is 0.344 e. The molecule has 0 radical (unpaired) electrons. The molecule has 12 heteroatoms. The standard InChI is InChI=1S/C25H23ClN2O8S/c1-4-20(29)27-24-21(25(31)35-5-2)22(30)19(37-24)12-15-10-17(26)23(18(11-15)34-3)36-13-14-6-8-16(9-7-14)28(32)33/h6-12,30H,4-5,13H2,1-3H3/b19-12-,27-24?. The Kier molecular flexibility index (Phi) is 9.31. The third kappa shape index (κ3) is 6.69. The van der Waals surface area contributed by atoms with Crippen LogP contribution in [0, 0.1) is 10.1 Å². The van der Waals surface area contributed by atoms with Gasteiger partial charge in [-0.1, -0.05) is 30.3 Å². The van der Waals surface area contributed by atoms with E-state index in [9.17, 15) is 24.8 Å². The number of carbonyl (C=O) groups excluding carboxylic acids is 2. The molecule has 1 heterocycles. The number of benzene rings is 2. The highest BCUT2D eigenvalue weighted by molar-refractivity contribution is 8.18. The lowest BCUT2D eigenvalue weighted by molar-refractivity contribution is -0.384. The van der Waals surface area contributed by atoms with Crippen molar-refractivity contribution in [2.24, 2.45) is 4.99 Å². The number of aliphatic hydroxyl groups excluding tert-OH is 1. The van der Waals surface area contributed by atoms with Crippen LogP contribution in [0.3, 0.4) is 0 Å². The van der Waals surface area contributed by atoms with Crippen LogP contribution in [0.2, 0.25) is 5.02 Å². The first-order chi connectivity index (χ1) is 17.7. The molecular weight excluding hydrogens is 524 g/mol. The summed E-state index contributed by atoms with van der Waals surface area (Å²) in [6, 6.07) is 9.10. The molecule has 37 heavy (non-hydrogen) atoms. The molecule has 1 amide bonds. The Hall–Kier alpha value is -3.83. The van der Waals surface area contributed by atoms with Crippen LogP contribution in [0.5, 0.6) is 11.5 Å². The Bertz CT molecular complexity index is 1320. The zero-order valence-electron chi connectivity index (χ0n) is 20.1. The number of aliphatic hydroxyl groups is 1. The minimum absolute atomic E-state index is 0.0304. The Morgan fingerprint density at radius 1 is 1.22 bits per heavy atom. The van der Waals surface area contributed by atoms with E-state index in [0.717, 1.165) is 11.8 Å². The zero-order valence-corrected chi connectivity index (χ0v) is 21.7. The Morgan fingerprint density at radius 2 is 1.92 bits per heavy atom. The molecule has 1 aliphatic heterocycles. The fourth-order valence-corrected chi connectivity index (χ4v) is 4.47. The van der Waals surface area contributed by atoms with Crippen molar-refractivity contribution in [3.05, 3.63) is 78.9 Å². The van der Waals surface area contributed by atoms with Gasteiger partial charge in [-0.2, -0.15) is 0 Å². The molecule has 0 aromatic heterocycles. The van der Waals surface area contributed by atoms with Gasteiger partial charge in [0.05, 0.1) is 28.6 Å². The summed E-state index contributed by atoms with van der Waals surface area (Å²) in [6.45, 7) is 3.43. The Morgan fingerprint density at radius 3 is 2.51 bits per heavy atom. The highest BCUT2D eigenvalue weighted by Gasteiger charge is 2.33. The van der Waals surface area contributed by atoms with Gasteiger partial charge in [0.15, 0.2) is 11.5 Å². The molecular formula is C25H23ClN2O8S. The number of ether oxygens (including phenoxy) is 3. The maximum absolute atomic E-state index is 12.4. The second-order valence-electron chi connectivity index (χ2n) is 7.47. The lowest BCUT2D eigenvalue weighted by Gasteiger charge is -2.13. The van der Waals surface area contributed by atoms with Crippen LogP contribution in [-0.2, 0) is 20.9 Å². The number of thioether (sulfide) groups is 1. The van der Waals surface area contributed by atoms with Gasteiger partial charge in [0.2, 0.25) is 5.91 Å². The maximum atomic E-state index is 12.4. The number of nitrogens with zero attached hydrogens (tertiary/aromatic N) is 2. The van der Waals surface area contributed by atoms with Gasteiger partial charge in [0.1, 0.15) is 23.0 Å². The lowest BCUT2D eigenvalue weighted by atomic mass is 10.1. The monoisotopic (exact) mass is 546 g/mol. The van der Waals surface area contributed by atoms with E-state index < -0.39 is 16.8 Å². The lowest BCUT2D eigenvalue weighted by Crippen LogP contribution is -2.14. The molecule has 0 unspecified atom stereocenters. The number of nitro groups is 1. The van der Waals surface area contributed by atoms with E-state index in [1.165, 1.54) is 19.2 Å². The largest absolute Gasteiger partial charge is 0.506 e. The van der Waals surface area contributed by atoms with E-state index in [2.05, 4.69) is 4.99 Å². The van der Waals surface area contributed by atoms with Crippen LogP contribution >= 0.6 is 23.4 Å². The number of carbonyl (C=O) groups is 2. The number of methoxy groups -OCH3 is 1. The first kappa shape index (κ1) is 27.8. The molecule has 0 spiro atoms. The predicted molar refractivity (Wildman–Crippen MR) is 140 cm³/mol. The Labute approximate surface area is 221 Å². The molecule has 0 atom stereocenters. The highest BCUT2D eigenvalue weighted by atomic mass is 35.5. The summed E-state index contributed by atoms with van der Waals surface area (Å²) in [5, 5.41) is 21.8. The zero-order chi connectivity index (χ0) is 27.1. The summed E-state index contributed by atoms with van der Waals surface area (Å²) in [4.78, 5) is 38.8. The molecule has 0 fully saturated rings. The number of hydrogen-bond donors (Lipinski definition) is 1. The first-order valence-electron chi connectivity index (χ1n) is 11.0. The number of aliphatic imine (C=N–C) groups is 1. The first-order valence-corrected chi connectivity index (χ1v) is 12.2. The summed E-state index contributed by atoms with van der Waals surface area (Å²) in [5.74, 6) is -1.04. The van der Waals surface area contributed by atoms with Crippen LogP contribution in [-0.4, -0.2) is 40.7 Å². The molecule has 2 aromatic rings. The molecule has 0 saturated heterocycles. The van der Waals surface area contributed by atoms with Crippen molar-refractivity contribution in [2.45, 2.75) is 26.9 Å². The quantitative estimate of drug-likeness (QED) is 0.241. The van der Waals surface area contributed by atoms with Crippen molar-refractivity contribution in [1.82, 2.24) is 0 Å². The average molecular weight is 547 g/mol. The van der Waals surface area contributed by atoms with Crippen LogP contribution in [0.15, 0.2) is 57.6 Å². The van der Waals surface area contributed by atoms with Crippen LogP contribution < -0.4 is 9.47 Å². The molecule has 0 aliphatic carbocycles. The Balaban J connectivity index is 1.90. The second-order valence-corrected chi connectivity index (χ2v) is 8.90. The molecule has 1 aliphatic rings. The van der Waals surface area contributed by atoms with Crippen molar-refractivity contribution in [1.29, 1.82) is 0 Å². The molecule has 2 aromatic carbocycles.